The van der Waals surface area contributed by atoms with E-state index in [0.717, 1.165) is 29.2 Å². The summed E-state index contributed by atoms with van der Waals surface area (Å²) in [4.78, 5) is 20.7. The molecule has 0 N–H and O–H groups in total. The van der Waals surface area contributed by atoms with Crippen LogP contribution in [-0.4, -0.2) is 54.2 Å². The Morgan fingerprint density at radius 2 is 2.24 bits per heavy atom. The minimum atomic E-state index is -0.0171. The first-order valence-electron chi connectivity index (χ1n) is 8.44. The molecule has 2 aromatic heterocycles. The minimum absolute atomic E-state index is 0.0171. The van der Waals surface area contributed by atoms with Gasteiger partial charge in [0, 0.05) is 38.8 Å². The Labute approximate surface area is 147 Å². The first-order chi connectivity index (χ1) is 12.0. The number of carbonyl (C=O) groups is 1. The predicted molar refractivity (Wildman–Crippen MR) is 93.9 cm³/mol. The Hall–Kier alpha value is -2.57. The molecule has 3 heterocycles. The number of amides is 1. The number of ether oxygens (including phenoxy) is 1. The molecule has 1 saturated heterocycles. The molecule has 2 aromatic rings. The highest BCUT2D eigenvalue weighted by molar-refractivity contribution is 5.79. The Balaban J connectivity index is 1.61. The van der Waals surface area contributed by atoms with Gasteiger partial charge in [-0.05, 0) is 26.0 Å². The van der Waals surface area contributed by atoms with Crippen molar-refractivity contribution in [2.75, 3.05) is 32.1 Å². The molecule has 134 valence electrons. The van der Waals surface area contributed by atoms with Gasteiger partial charge in [0.1, 0.15) is 11.9 Å². The predicted octanol–water partition coefficient (Wildman–Crippen LogP) is 1.97. The van der Waals surface area contributed by atoms with Crippen LogP contribution in [0.4, 0.5) is 5.82 Å². The topological polar surface area (TPSA) is 71.7 Å². The van der Waals surface area contributed by atoms with E-state index in [4.69, 9.17) is 9.26 Å². The normalized spacial score (nSPS) is 17.0. The average Bonchev–Trinajstić information content (AvgIpc) is 3.17. The zero-order valence-electron chi connectivity index (χ0n) is 15.2. The summed E-state index contributed by atoms with van der Waals surface area (Å²) in [7, 11) is 3.87. The summed E-state index contributed by atoms with van der Waals surface area (Å²) in [6.07, 6.45) is 2.87. The fourth-order valence-electron chi connectivity index (χ4n) is 3.06. The molecular weight excluding hydrogens is 320 g/mol. The molecule has 0 bridgehead atoms. The number of carbonyl (C=O) groups excluding carboxylic acids is 1. The maximum atomic E-state index is 12.6. The van der Waals surface area contributed by atoms with Crippen molar-refractivity contribution in [3.63, 3.8) is 0 Å². The van der Waals surface area contributed by atoms with Crippen LogP contribution in [0.2, 0.25) is 0 Å². The lowest BCUT2D eigenvalue weighted by Gasteiger charge is -2.20. The summed E-state index contributed by atoms with van der Waals surface area (Å²) in [6, 6.07) is 3.77. The van der Waals surface area contributed by atoms with Gasteiger partial charge in [-0.25, -0.2) is 4.98 Å². The number of aryl methyl sites for hydroxylation is 2. The number of hydrogen-bond donors (Lipinski definition) is 0. The van der Waals surface area contributed by atoms with Crippen LogP contribution in [0.1, 0.15) is 23.4 Å². The molecule has 1 fully saturated rings. The number of anilines is 1. The highest BCUT2D eigenvalue weighted by Crippen LogP contribution is 2.27. The van der Waals surface area contributed by atoms with Gasteiger partial charge in [0.25, 0.3) is 0 Å². The SMILES string of the molecule is Cc1noc(C)c1CC(=O)N1CC[C@@H](Oc2cccnc2N(C)C)C1. The van der Waals surface area contributed by atoms with E-state index in [-0.39, 0.29) is 12.0 Å². The van der Waals surface area contributed by atoms with Crippen LogP contribution < -0.4 is 9.64 Å². The molecule has 25 heavy (non-hydrogen) atoms. The van der Waals surface area contributed by atoms with Crippen LogP contribution in [-0.2, 0) is 11.2 Å². The van der Waals surface area contributed by atoms with E-state index < -0.39 is 0 Å². The number of aromatic nitrogens is 2. The van der Waals surface area contributed by atoms with E-state index in [1.54, 1.807) is 6.20 Å². The summed E-state index contributed by atoms with van der Waals surface area (Å²) < 4.78 is 11.2. The monoisotopic (exact) mass is 344 g/mol. The van der Waals surface area contributed by atoms with Crippen molar-refractivity contribution in [1.82, 2.24) is 15.0 Å². The van der Waals surface area contributed by atoms with E-state index in [0.29, 0.717) is 25.3 Å². The van der Waals surface area contributed by atoms with Crippen LogP contribution in [0.15, 0.2) is 22.9 Å². The molecule has 0 aliphatic carbocycles. The van der Waals surface area contributed by atoms with Crippen LogP contribution in [0.25, 0.3) is 0 Å². The molecule has 0 radical (unpaired) electrons. The summed E-state index contributed by atoms with van der Waals surface area (Å²) >= 11 is 0. The molecule has 0 aromatic carbocycles. The number of nitrogens with zero attached hydrogens (tertiary/aromatic N) is 4. The molecule has 0 unspecified atom stereocenters. The van der Waals surface area contributed by atoms with Crippen molar-refractivity contribution in [1.29, 1.82) is 0 Å². The minimum Gasteiger partial charge on any atom is -0.485 e. The van der Waals surface area contributed by atoms with Crippen LogP contribution >= 0.6 is 0 Å². The molecule has 3 rings (SSSR count). The smallest absolute Gasteiger partial charge is 0.227 e. The van der Waals surface area contributed by atoms with Gasteiger partial charge >= 0.3 is 0 Å². The fraction of sp³-hybridized carbons (Fsp3) is 0.500. The molecule has 1 atom stereocenters. The van der Waals surface area contributed by atoms with Gasteiger partial charge in [-0.1, -0.05) is 5.16 Å². The highest BCUT2D eigenvalue weighted by atomic mass is 16.5. The lowest BCUT2D eigenvalue weighted by Crippen LogP contribution is -2.32. The Bertz CT molecular complexity index is 737. The summed E-state index contributed by atoms with van der Waals surface area (Å²) in [5, 5.41) is 3.91. The second-order valence-corrected chi connectivity index (χ2v) is 6.57. The molecule has 7 nitrogen and oxygen atoms in total. The second-order valence-electron chi connectivity index (χ2n) is 6.57. The third-order valence-electron chi connectivity index (χ3n) is 4.48. The first kappa shape index (κ1) is 17.3. The van der Waals surface area contributed by atoms with Gasteiger partial charge < -0.3 is 19.1 Å². The molecule has 1 amide bonds. The van der Waals surface area contributed by atoms with E-state index in [9.17, 15) is 4.79 Å². The quantitative estimate of drug-likeness (QED) is 0.826. The van der Waals surface area contributed by atoms with Crippen molar-refractivity contribution in [3.05, 3.63) is 35.3 Å². The van der Waals surface area contributed by atoms with Gasteiger partial charge in [0.2, 0.25) is 5.91 Å². The largest absolute Gasteiger partial charge is 0.485 e. The van der Waals surface area contributed by atoms with Gasteiger partial charge in [-0.3, -0.25) is 4.79 Å². The molecular formula is C18H24N4O3. The number of rotatable bonds is 5. The lowest BCUT2D eigenvalue weighted by molar-refractivity contribution is -0.129. The van der Waals surface area contributed by atoms with Crippen molar-refractivity contribution in [3.8, 4) is 5.75 Å². The van der Waals surface area contributed by atoms with E-state index in [1.165, 1.54) is 0 Å². The van der Waals surface area contributed by atoms with Crippen molar-refractivity contribution in [2.24, 2.45) is 0 Å². The fourth-order valence-corrected chi connectivity index (χ4v) is 3.06. The Kier molecular flexibility index (Phi) is 4.92. The zero-order valence-corrected chi connectivity index (χ0v) is 15.2. The van der Waals surface area contributed by atoms with Crippen LogP contribution in [0, 0.1) is 13.8 Å². The maximum Gasteiger partial charge on any atom is 0.227 e. The lowest BCUT2D eigenvalue weighted by atomic mass is 10.1. The summed E-state index contributed by atoms with van der Waals surface area (Å²) in [6.45, 7) is 4.98. The zero-order chi connectivity index (χ0) is 18.0. The third-order valence-corrected chi connectivity index (χ3v) is 4.48. The van der Waals surface area contributed by atoms with Crippen molar-refractivity contribution in [2.45, 2.75) is 32.8 Å². The Morgan fingerprint density at radius 3 is 2.92 bits per heavy atom. The molecule has 1 aliphatic rings. The Morgan fingerprint density at radius 1 is 1.44 bits per heavy atom. The van der Waals surface area contributed by atoms with E-state index in [2.05, 4.69) is 10.1 Å². The standard InChI is InChI=1S/C18H24N4O3/c1-12-15(13(2)25-20-12)10-17(23)22-9-7-14(11-22)24-16-6-5-8-19-18(16)21(3)4/h5-6,8,14H,7,9-11H2,1-4H3/t14-/m1/s1. The summed E-state index contributed by atoms with van der Waals surface area (Å²) in [5.74, 6) is 2.34. The van der Waals surface area contributed by atoms with Gasteiger partial charge in [0.15, 0.2) is 11.6 Å². The maximum absolute atomic E-state index is 12.6. The third kappa shape index (κ3) is 3.75. The van der Waals surface area contributed by atoms with Crippen LogP contribution in [0.3, 0.4) is 0 Å². The molecule has 1 aliphatic heterocycles. The van der Waals surface area contributed by atoms with Gasteiger partial charge in [0.05, 0.1) is 18.7 Å². The highest BCUT2D eigenvalue weighted by Gasteiger charge is 2.29. The van der Waals surface area contributed by atoms with E-state index in [1.807, 2.05) is 49.9 Å². The van der Waals surface area contributed by atoms with Crippen molar-refractivity contribution < 1.29 is 14.1 Å². The van der Waals surface area contributed by atoms with Gasteiger partial charge in [-0.2, -0.15) is 0 Å². The first-order valence-corrected chi connectivity index (χ1v) is 8.44. The second kappa shape index (κ2) is 7.13. The van der Waals surface area contributed by atoms with Crippen LogP contribution in [0.5, 0.6) is 5.75 Å². The average molecular weight is 344 g/mol. The number of likely N-dealkylation sites (tertiary alicyclic amines) is 1. The molecule has 0 saturated carbocycles. The van der Waals surface area contributed by atoms with Crippen molar-refractivity contribution >= 4 is 11.7 Å². The van der Waals surface area contributed by atoms with E-state index >= 15 is 0 Å². The molecule has 0 spiro atoms. The number of pyridine rings is 1. The summed E-state index contributed by atoms with van der Waals surface area (Å²) in [5.41, 5.74) is 1.67. The van der Waals surface area contributed by atoms with Gasteiger partial charge in [-0.15, -0.1) is 0 Å². The number of hydrogen-bond acceptors (Lipinski definition) is 6. The molecule has 7 heteroatoms.